The lowest BCUT2D eigenvalue weighted by molar-refractivity contribution is -0.135. The first-order chi connectivity index (χ1) is 12.3. The van der Waals surface area contributed by atoms with Crippen molar-refractivity contribution in [3.05, 3.63) is 22.4 Å². The molecule has 1 aromatic heterocycles. The SMILES string of the molecule is CC(C)(C)OC(=O)N1CCCC1C(=O)N1CCSC(c2cccs2)CC1. The van der Waals surface area contributed by atoms with Gasteiger partial charge < -0.3 is 9.64 Å². The molecule has 2 aliphatic heterocycles. The van der Waals surface area contributed by atoms with Crippen LogP contribution >= 0.6 is 23.1 Å². The van der Waals surface area contributed by atoms with Crippen molar-refractivity contribution < 1.29 is 14.3 Å². The van der Waals surface area contributed by atoms with Crippen molar-refractivity contribution >= 4 is 35.1 Å². The molecule has 0 saturated carbocycles. The van der Waals surface area contributed by atoms with Gasteiger partial charge in [-0.15, -0.1) is 11.3 Å². The number of ether oxygens (including phenoxy) is 1. The third-order valence-electron chi connectivity index (χ3n) is 4.68. The summed E-state index contributed by atoms with van der Waals surface area (Å²) in [6.07, 6.45) is 2.19. The molecule has 0 aliphatic carbocycles. The van der Waals surface area contributed by atoms with Gasteiger partial charge in [0.15, 0.2) is 0 Å². The molecule has 2 amide bonds. The van der Waals surface area contributed by atoms with Gasteiger partial charge in [0.1, 0.15) is 11.6 Å². The molecule has 0 bridgehead atoms. The Bertz CT molecular complexity index is 627. The van der Waals surface area contributed by atoms with E-state index in [4.69, 9.17) is 4.74 Å². The molecule has 2 aliphatic rings. The molecule has 5 nitrogen and oxygen atoms in total. The number of thioether (sulfide) groups is 1. The summed E-state index contributed by atoms with van der Waals surface area (Å²) in [4.78, 5) is 30.5. The van der Waals surface area contributed by atoms with E-state index in [-0.39, 0.29) is 18.0 Å². The molecule has 144 valence electrons. The van der Waals surface area contributed by atoms with E-state index in [2.05, 4.69) is 17.5 Å². The minimum absolute atomic E-state index is 0.0841. The third kappa shape index (κ3) is 4.74. The predicted octanol–water partition coefficient (Wildman–Crippen LogP) is 4.15. The van der Waals surface area contributed by atoms with Crippen LogP contribution in [-0.4, -0.2) is 58.8 Å². The molecular weight excluding hydrogens is 368 g/mol. The van der Waals surface area contributed by atoms with Crippen molar-refractivity contribution in [3.63, 3.8) is 0 Å². The van der Waals surface area contributed by atoms with Gasteiger partial charge in [-0.1, -0.05) is 6.07 Å². The molecule has 0 radical (unpaired) electrons. The quantitative estimate of drug-likeness (QED) is 0.753. The summed E-state index contributed by atoms with van der Waals surface area (Å²) in [6, 6.07) is 3.90. The van der Waals surface area contributed by atoms with E-state index < -0.39 is 5.60 Å². The van der Waals surface area contributed by atoms with Crippen LogP contribution in [0.25, 0.3) is 0 Å². The maximum absolute atomic E-state index is 13.1. The summed E-state index contributed by atoms with van der Waals surface area (Å²) in [5.74, 6) is 1.02. The van der Waals surface area contributed by atoms with E-state index in [0.29, 0.717) is 11.8 Å². The molecule has 7 heteroatoms. The van der Waals surface area contributed by atoms with Crippen molar-refractivity contribution in [3.8, 4) is 0 Å². The van der Waals surface area contributed by atoms with Crippen molar-refractivity contribution in [2.45, 2.75) is 56.9 Å². The molecule has 3 heterocycles. The maximum atomic E-state index is 13.1. The average molecular weight is 397 g/mol. The maximum Gasteiger partial charge on any atom is 0.410 e. The molecule has 2 fully saturated rings. The highest BCUT2D eigenvalue weighted by Crippen LogP contribution is 2.37. The van der Waals surface area contributed by atoms with Crippen LogP contribution < -0.4 is 0 Å². The molecular formula is C19H28N2O3S2. The zero-order valence-electron chi connectivity index (χ0n) is 15.8. The summed E-state index contributed by atoms with van der Waals surface area (Å²) >= 11 is 3.72. The van der Waals surface area contributed by atoms with Crippen LogP contribution in [0.15, 0.2) is 17.5 Å². The standard InChI is InChI=1S/C19H28N2O3S2/c1-19(2,3)24-18(23)21-9-4-6-14(21)17(22)20-10-8-16(26-13-11-20)15-7-5-12-25-15/h5,7,12,14,16H,4,6,8-11,13H2,1-3H3. The smallest absolute Gasteiger partial charge is 0.410 e. The number of nitrogens with zero attached hydrogens (tertiary/aromatic N) is 2. The highest BCUT2D eigenvalue weighted by atomic mass is 32.2. The average Bonchev–Trinajstić information content (AvgIpc) is 3.20. The van der Waals surface area contributed by atoms with Crippen LogP contribution in [0.3, 0.4) is 0 Å². The number of amides is 2. The number of rotatable bonds is 2. The lowest BCUT2D eigenvalue weighted by Crippen LogP contribution is -2.49. The summed E-state index contributed by atoms with van der Waals surface area (Å²) in [5.41, 5.74) is -0.541. The fraction of sp³-hybridized carbons (Fsp3) is 0.684. The molecule has 2 atom stereocenters. The first-order valence-electron chi connectivity index (χ1n) is 9.28. The normalized spacial score (nSPS) is 24.4. The monoisotopic (exact) mass is 396 g/mol. The summed E-state index contributed by atoms with van der Waals surface area (Å²) < 4.78 is 5.49. The fourth-order valence-corrected chi connectivity index (χ4v) is 5.70. The van der Waals surface area contributed by atoms with Crippen LogP contribution in [0.4, 0.5) is 4.79 Å². The van der Waals surface area contributed by atoms with Crippen LogP contribution in [0, 0.1) is 0 Å². The second-order valence-corrected chi connectivity index (χ2v) is 10.1. The van der Waals surface area contributed by atoms with Crippen molar-refractivity contribution in [2.75, 3.05) is 25.4 Å². The Morgan fingerprint density at radius 3 is 2.69 bits per heavy atom. The van der Waals surface area contributed by atoms with E-state index >= 15 is 0 Å². The zero-order chi connectivity index (χ0) is 18.7. The second-order valence-electron chi connectivity index (χ2n) is 7.82. The number of likely N-dealkylation sites (tertiary alicyclic amines) is 1. The summed E-state index contributed by atoms with van der Waals surface area (Å²) in [5, 5.41) is 2.58. The van der Waals surface area contributed by atoms with E-state index in [0.717, 1.165) is 38.1 Å². The zero-order valence-corrected chi connectivity index (χ0v) is 17.4. The highest BCUT2D eigenvalue weighted by molar-refractivity contribution is 7.99. The largest absolute Gasteiger partial charge is 0.444 e. The number of carbonyl (C=O) groups excluding carboxylic acids is 2. The van der Waals surface area contributed by atoms with Gasteiger partial charge in [-0.2, -0.15) is 11.8 Å². The Morgan fingerprint density at radius 1 is 1.19 bits per heavy atom. The van der Waals surface area contributed by atoms with Gasteiger partial charge in [-0.25, -0.2) is 4.79 Å². The van der Waals surface area contributed by atoms with Gasteiger partial charge in [-0.05, 0) is 51.5 Å². The lowest BCUT2D eigenvalue weighted by Gasteiger charge is -2.31. The molecule has 2 saturated heterocycles. The molecule has 0 aromatic carbocycles. The van der Waals surface area contributed by atoms with E-state index in [1.807, 2.05) is 37.4 Å². The van der Waals surface area contributed by atoms with Crippen LogP contribution in [0.2, 0.25) is 0 Å². The second kappa shape index (κ2) is 8.21. The van der Waals surface area contributed by atoms with Gasteiger partial charge in [0.25, 0.3) is 0 Å². The Hall–Kier alpha value is -1.21. The molecule has 0 N–H and O–H groups in total. The first kappa shape index (κ1) is 19.5. The van der Waals surface area contributed by atoms with Crippen LogP contribution in [-0.2, 0) is 9.53 Å². The summed E-state index contributed by atoms with van der Waals surface area (Å²) in [7, 11) is 0. The molecule has 3 rings (SSSR count). The topological polar surface area (TPSA) is 49.9 Å². The van der Waals surface area contributed by atoms with Gasteiger partial charge in [0, 0.05) is 35.5 Å². The fourth-order valence-electron chi connectivity index (χ4n) is 3.47. The molecule has 2 unspecified atom stereocenters. The molecule has 26 heavy (non-hydrogen) atoms. The van der Waals surface area contributed by atoms with Gasteiger partial charge in [0.05, 0.1) is 0 Å². The predicted molar refractivity (Wildman–Crippen MR) is 107 cm³/mol. The Labute approximate surface area is 164 Å². The lowest BCUT2D eigenvalue weighted by atomic mass is 10.1. The third-order valence-corrected chi connectivity index (χ3v) is 7.12. The van der Waals surface area contributed by atoms with Crippen LogP contribution in [0.5, 0.6) is 0 Å². The van der Waals surface area contributed by atoms with Gasteiger partial charge in [-0.3, -0.25) is 9.69 Å². The van der Waals surface area contributed by atoms with Gasteiger partial charge in [0.2, 0.25) is 5.91 Å². The number of hydrogen-bond donors (Lipinski definition) is 0. The number of carbonyl (C=O) groups is 2. The minimum Gasteiger partial charge on any atom is -0.444 e. The van der Waals surface area contributed by atoms with Crippen molar-refractivity contribution in [2.24, 2.45) is 0 Å². The van der Waals surface area contributed by atoms with Crippen molar-refractivity contribution in [1.82, 2.24) is 9.80 Å². The van der Waals surface area contributed by atoms with E-state index in [1.54, 1.807) is 16.2 Å². The van der Waals surface area contributed by atoms with Crippen molar-refractivity contribution in [1.29, 1.82) is 0 Å². The molecule has 0 spiro atoms. The number of hydrogen-bond acceptors (Lipinski definition) is 5. The van der Waals surface area contributed by atoms with E-state index in [1.165, 1.54) is 4.88 Å². The number of thiophene rings is 1. The Morgan fingerprint density at radius 2 is 2.00 bits per heavy atom. The minimum atomic E-state index is -0.541. The Balaban J connectivity index is 1.61. The highest BCUT2D eigenvalue weighted by Gasteiger charge is 2.39. The van der Waals surface area contributed by atoms with Gasteiger partial charge >= 0.3 is 6.09 Å². The first-order valence-corrected chi connectivity index (χ1v) is 11.2. The molecule has 1 aromatic rings. The summed E-state index contributed by atoms with van der Waals surface area (Å²) in [6.45, 7) is 7.68. The Kier molecular flexibility index (Phi) is 6.17. The van der Waals surface area contributed by atoms with E-state index in [9.17, 15) is 9.59 Å². The van der Waals surface area contributed by atoms with Crippen LogP contribution in [0.1, 0.15) is 50.2 Å².